The van der Waals surface area contributed by atoms with E-state index in [2.05, 4.69) is 4.90 Å². The Morgan fingerprint density at radius 3 is 2.45 bits per heavy atom. The molecule has 1 atom stereocenters. The van der Waals surface area contributed by atoms with Crippen molar-refractivity contribution in [2.24, 2.45) is 11.7 Å². The lowest BCUT2D eigenvalue weighted by Gasteiger charge is -2.36. The van der Waals surface area contributed by atoms with Crippen molar-refractivity contribution in [1.82, 2.24) is 9.80 Å². The van der Waals surface area contributed by atoms with Gasteiger partial charge < -0.3 is 20.6 Å². The number of hydrogen-bond acceptors (Lipinski definition) is 4. The molecular formula is C14H25N3O3. The minimum atomic E-state index is -0.599. The summed E-state index contributed by atoms with van der Waals surface area (Å²) in [5.74, 6) is -1.16. The zero-order valence-electron chi connectivity index (χ0n) is 12.0. The lowest BCUT2D eigenvalue weighted by atomic mass is 10.0. The maximum atomic E-state index is 12.1. The van der Waals surface area contributed by atoms with E-state index in [9.17, 15) is 9.59 Å². The normalized spacial score (nSPS) is 25.4. The summed E-state index contributed by atoms with van der Waals surface area (Å²) in [5, 5.41) is 8.78. The molecule has 0 radical (unpaired) electrons. The summed E-state index contributed by atoms with van der Waals surface area (Å²) < 4.78 is 0. The van der Waals surface area contributed by atoms with Gasteiger partial charge in [0.25, 0.3) is 0 Å². The predicted octanol–water partition coefficient (Wildman–Crippen LogP) is -0.443. The van der Waals surface area contributed by atoms with Crippen molar-refractivity contribution in [2.75, 3.05) is 32.8 Å². The van der Waals surface area contributed by atoms with Gasteiger partial charge in [0.1, 0.15) is 5.92 Å². The zero-order chi connectivity index (χ0) is 14.5. The smallest absolute Gasteiger partial charge is 0.235 e. The molecule has 1 unspecified atom stereocenters. The molecule has 2 aliphatic heterocycles. The summed E-state index contributed by atoms with van der Waals surface area (Å²) in [5.41, 5.74) is 5.25. The second-order valence-electron chi connectivity index (χ2n) is 5.78. The fourth-order valence-electron chi connectivity index (χ4n) is 3.23. The van der Waals surface area contributed by atoms with Crippen LogP contribution in [-0.4, -0.2) is 65.5 Å². The molecule has 2 heterocycles. The van der Waals surface area contributed by atoms with Crippen molar-refractivity contribution in [2.45, 2.75) is 38.1 Å². The average Bonchev–Trinajstić information content (AvgIpc) is 2.82. The molecule has 2 fully saturated rings. The Morgan fingerprint density at radius 2 is 1.90 bits per heavy atom. The van der Waals surface area contributed by atoms with Crippen LogP contribution in [0.1, 0.15) is 32.1 Å². The standard InChI is InChI=1S/C14H25N3O3/c15-13(19)12-5-9-17(14(12)20)11-3-7-16(8-4-11)6-1-2-10-18/h11-12,18H,1-10H2,(H2,15,19). The number of piperidine rings is 1. The lowest BCUT2D eigenvalue weighted by molar-refractivity contribution is -0.138. The van der Waals surface area contributed by atoms with Gasteiger partial charge in [-0.1, -0.05) is 0 Å². The Morgan fingerprint density at radius 1 is 1.20 bits per heavy atom. The van der Waals surface area contributed by atoms with Gasteiger partial charge in [-0.2, -0.15) is 0 Å². The van der Waals surface area contributed by atoms with E-state index >= 15 is 0 Å². The number of carbonyl (C=O) groups excluding carboxylic acids is 2. The molecule has 3 N–H and O–H groups in total. The van der Waals surface area contributed by atoms with Crippen molar-refractivity contribution < 1.29 is 14.7 Å². The van der Waals surface area contributed by atoms with Crippen LogP contribution in [0.3, 0.4) is 0 Å². The van der Waals surface area contributed by atoms with Crippen LogP contribution in [0.25, 0.3) is 0 Å². The van der Waals surface area contributed by atoms with Crippen LogP contribution >= 0.6 is 0 Å². The molecule has 0 aromatic heterocycles. The molecule has 0 bridgehead atoms. The third kappa shape index (κ3) is 3.49. The number of carbonyl (C=O) groups is 2. The first-order valence-corrected chi connectivity index (χ1v) is 7.56. The van der Waals surface area contributed by atoms with Crippen molar-refractivity contribution in [3.63, 3.8) is 0 Å². The average molecular weight is 283 g/mol. The van der Waals surface area contributed by atoms with E-state index in [1.807, 2.05) is 4.90 Å². The van der Waals surface area contributed by atoms with E-state index in [1.54, 1.807) is 0 Å². The number of amides is 2. The molecule has 2 aliphatic rings. The number of likely N-dealkylation sites (tertiary alicyclic amines) is 2. The third-order valence-corrected chi connectivity index (χ3v) is 4.46. The Labute approximate surface area is 119 Å². The molecule has 6 heteroatoms. The van der Waals surface area contributed by atoms with E-state index < -0.39 is 11.8 Å². The molecule has 0 aliphatic carbocycles. The SMILES string of the molecule is NC(=O)C1CCN(C2CCN(CCCCO)CC2)C1=O. The lowest BCUT2D eigenvalue weighted by Crippen LogP contribution is -2.46. The monoisotopic (exact) mass is 283 g/mol. The van der Waals surface area contributed by atoms with Gasteiger partial charge in [-0.15, -0.1) is 0 Å². The molecule has 2 rings (SSSR count). The highest BCUT2D eigenvalue weighted by Crippen LogP contribution is 2.25. The van der Waals surface area contributed by atoms with E-state index in [4.69, 9.17) is 10.8 Å². The van der Waals surface area contributed by atoms with E-state index in [0.29, 0.717) is 13.0 Å². The fourth-order valence-corrected chi connectivity index (χ4v) is 3.23. The Kier molecular flexibility index (Phi) is 5.37. The number of aliphatic hydroxyl groups is 1. The molecule has 0 saturated carbocycles. The molecule has 2 saturated heterocycles. The molecular weight excluding hydrogens is 258 g/mol. The van der Waals surface area contributed by atoms with Gasteiger partial charge in [0.05, 0.1) is 0 Å². The number of nitrogens with two attached hydrogens (primary N) is 1. The van der Waals surface area contributed by atoms with E-state index in [0.717, 1.165) is 45.3 Å². The van der Waals surface area contributed by atoms with Crippen molar-refractivity contribution in [1.29, 1.82) is 0 Å². The quantitative estimate of drug-likeness (QED) is 0.511. The van der Waals surface area contributed by atoms with Gasteiger partial charge >= 0.3 is 0 Å². The number of hydrogen-bond donors (Lipinski definition) is 2. The summed E-state index contributed by atoms with van der Waals surface area (Å²) in [7, 11) is 0. The van der Waals surface area contributed by atoms with Crippen LogP contribution in [0, 0.1) is 5.92 Å². The third-order valence-electron chi connectivity index (χ3n) is 4.46. The first-order valence-electron chi connectivity index (χ1n) is 7.56. The van der Waals surface area contributed by atoms with Crippen molar-refractivity contribution in [3.05, 3.63) is 0 Å². The molecule has 0 aromatic rings. The van der Waals surface area contributed by atoms with Gasteiger partial charge in [0.2, 0.25) is 11.8 Å². The number of primary amides is 1. The number of nitrogens with zero attached hydrogens (tertiary/aromatic N) is 2. The molecule has 6 nitrogen and oxygen atoms in total. The zero-order valence-corrected chi connectivity index (χ0v) is 12.0. The number of rotatable bonds is 6. The first-order chi connectivity index (χ1) is 9.63. The summed E-state index contributed by atoms with van der Waals surface area (Å²) >= 11 is 0. The van der Waals surface area contributed by atoms with Crippen LogP contribution in [0.2, 0.25) is 0 Å². The summed E-state index contributed by atoms with van der Waals surface area (Å²) in [6, 6.07) is 0.265. The summed E-state index contributed by atoms with van der Waals surface area (Å²) in [6.07, 6.45) is 4.38. The second kappa shape index (κ2) is 7.04. The Bertz CT molecular complexity index is 354. The highest BCUT2D eigenvalue weighted by atomic mass is 16.3. The molecule has 0 spiro atoms. The van der Waals surface area contributed by atoms with Crippen LogP contribution in [-0.2, 0) is 9.59 Å². The summed E-state index contributed by atoms with van der Waals surface area (Å²) in [6.45, 7) is 3.92. The van der Waals surface area contributed by atoms with Gasteiger partial charge in [-0.25, -0.2) is 0 Å². The van der Waals surface area contributed by atoms with Crippen LogP contribution in [0.15, 0.2) is 0 Å². The molecule has 0 aromatic carbocycles. The fraction of sp³-hybridized carbons (Fsp3) is 0.857. The highest BCUT2D eigenvalue weighted by molar-refractivity contribution is 6.01. The van der Waals surface area contributed by atoms with Gasteiger partial charge in [0.15, 0.2) is 0 Å². The van der Waals surface area contributed by atoms with Crippen LogP contribution in [0.5, 0.6) is 0 Å². The number of aliphatic hydroxyl groups excluding tert-OH is 1. The van der Waals surface area contributed by atoms with Crippen LogP contribution in [0.4, 0.5) is 0 Å². The first kappa shape index (κ1) is 15.3. The minimum Gasteiger partial charge on any atom is -0.396 e. The second-order valence-corrected chi connectivity index (χ2v) is 5.78. The molecule has 2 amide bonds. The molecule has 114 valence electrons. The largest absolute Gasteiger partial charge is 0.396 e. The Hall–Kier alpha value is -1.14. The number of unbranched alkanes of at least 4 members (excludes halogenated alkanes) is 1. The van der Waals surface area contributed by atoms with Crippen molar-refractivity contribution >= 4 is 11.8 Å². The Balaban J connectivity index is 1.77. The topological polar surface area (TPSA) is 86.9 Å². The van der Waals surface area contributed by atoms with Crippen molar-refractivity contribution in [3.8, 4) is 0 Å². The summed E-state index contributed by atoms with van der Waals surface area (Å²) in [4.78, 5) is 27.6. The van der Waals surface area contributed by atoms with Gasteiger partial charge in [-0.3, -0.25) is 9.59 Å². The predicted molar refractivity (Wildman–Crippen MR) is 74.8 cm³/mol. The maximum absolute atomic E-state index is 12.1. The van der Waals surface area contributed by atoms with Crippen LogP contribution < -0.4 is 5.73 Å². The molecule has 20 heavy (non-hydrogen) atoms. The highest BCUT2D eigenvalue weighted by Gasteiger charge is 2.39. The van der Waals surface area contributed by atoms with E-state index in [-0.39, 0.29) is 18.6 Å². The minimum absolute atomic E-state index is 0.0729. The van der Waals surface area contributed by atoms with E-state index in [1.165, 1.54) is 0 Å². The van der Waals surface area contributed by atoms with Gasteiger partial charge in [0, 0.05) is 32.3 Å². The van der Waals surface area contributed by atoms with Gasteiger partial charge in [-0.05, 0) is 38.6 Å². The maximum Gasteiger partial charge on any atom is 0.235 e.